The molecule has 1 saturated carbocycles. The predicted molar refractivity (Wildman–Crippen MR) is 103 cm³/mol. The number of aryl methyl sites for hydroxylation is 2. The number of aliphatic imine (C=N–C) groups is 1. The Bertz CT molecular complexity index is 766. The maximum absolute atomic E-state index is 4.86. The van der Waals surface area contributed by atoms with E-state index in [-0.39, 0.29) is 0 Å². The highest BCUT2D eigenvalue weighted by Crippen LogP contribution is 2.47. The lowest BCUT2D eigenvalue weighted by molar-refractivity contribution is 0.392. The van der Waals surface area contributed by atoms with Crippen LogP contribution in [0, 0.1) is 12.8 Å². The third-order valence-corrected chi connectivity index (χ3v) is 5.28. The zero-order valence-corrected chi connectivity index (χ0v) is 15.7. The molecule has 1 aliphatic heterocycles. The molecule has 2 aromatic rings. The van der Waals surface area contributed by atoms with E-state index < -0.39 is 0 Å². The molecule has 0 spiro atoms. The van der Waals surface area contributed by atoms with Gasteiger partial charge in [0, 0.05) is 25.6 Å². The molecular formula is C20H28N6. The number of aromatic nitrogens is 3. The van der Waals surface area contributed by atoms with Gasteiger partial charge in [0.1, 0.15) is 11.6 Å². The van der Waals surface area contributed by atoms with Crippen LogP contribution in [0.25, 0.3) is 0 Å². The smallest absolute Gasteiger partial charge is 0.191 e. The van der Waals surface area contributed by atoms with Crippen molar-refractivity contribution in [2.45, 2.75) is 51.6 Å². The first-order chi connectivity index (χ1) is 12.7. The summed E-state index contributed by atoms with van der Waals surface area (Å²) in [5.74, 6) is 4.24. The van der Waals surface area contributed by atoms with Gasteiger partial charge in [0.05, 0.1) is 6.54 Å². The number of guanidine groups is 1. The number of fused-ring (bicyclic) bond motifs is 1. The van der Waals surface area contributed by atoms with Gasteiger partial charge in [-0.3, -0.25) is 4.99 Å². The number of hydrogen-bond acceptors (Lipinski definition) is 3. The molecule has 4 rings (SSSR count). The molecule has 2 aliphatic rings. The van der Waals surface area contributed by atoms with Crippen LogP contribution < -0.4 is 10.6 Å². The zero-order valence-electron chi connectivity index (χ0n) is 15.7. The first kappa shape index (κ1) is 17.1. The van der Waals surface area contributed by atoms with Gasteiger partial charge >= 0.3 is 0 Å². The molecule has 1 aromatic heterocycles. The van der Waals surface area contributed by atoms with Crippen LogP contribution in [0.5, 0.6) is 0 Å². The molecule has 1 fully saturated rings. The largest absolute Gasteiger partial charge is 0.357 e. The Balaban J connectivity index is 1.34. The second-order valence-corrected chi connectivity index (χ2v) is 7.37. The Morgan fingerprint density at radius 2 is 2.15 bits per heavy atom. The Labute approximate surface area is 155 Å². The highest BCUT2D eigenvalue weighted by atomic mass is 15.4. The third-order valence-electron chi connectivity index (χ3n) is 5.28. The van der Waals surface area contributed by atoms with E-state index in [1.165, 1.54) is 12.0 Å². The fraction of sp³-hybridized carbons (Fsp3) is 0.550. The number of benzene rings is 1. The Morgan fingerprint density at radius 3 is 2.96 bits per heavy atom. The summed E-state index contributed by atoms with van der Waals surface area (Å²) in [6.45, 7) is 6.68. The summed E-state index contributed by atoms with van der Waals surface area (Å²) in [5, 5.41) is 11.5. The highest BCUT2D eigenvalue weighted by Gasteiger charge is 2.37. The van der Waals surface area contributed by atoms with Crippen LogP contribution in [0.15, 0.2) is 35.3 Å². The third kappa shape index (κ3) is 3.89. The molecule has 26 heavy (non-hydrogen) atoms. The molecular weight excluding hydrogens is 324 g/mol. The molecule has 2 heterocycles. The molecule has 138 valence electrons. The maximum Gasteiger partial charge on any atom is 0.191 e. The first-order valence-corrected chi connectivity index (χ1v) is 9.73. The summed E-state index contributed by atoms with van der Waals surface area (Å²) in [6.07, 6.45) is 3.28. The van der Waals surface area contributed by atoms with Crippen molar-refractivity contribution in [2.75, 3.05) is 13.1 Å². The highest BCUT2D eigenvalue weighted by molar-refractivity contribution is 5.80. The topological polar surface area (TPSA) is 67.1 Å². The van der Waals surface area contributed by atoms with E-state index in [1.54, 1.807) is 0 Å². The van der Waals surface area contributed by atoms with Crippen LogP contribution in [0.3, 0.4) is 0 Å². The second kappa shape index (κ2) is 7.48. The summed E-state index contributed by atoms with van der Waals surface area (Å²) in [5.41, 5.74) is 1.45. The summed E-state index contributed by atoms with van der Waals surface area (Å²) < 4.78 is 2.03. The van der Waals surface area contributed by atoms with Crippen LogP contribution in [-0.2, 0) is 13.0 Å². The minimum Gasteiger partial charge on any atom is -0.357 e. The lowest BCUT2D eigenvalue weighted by Gasteiger charge is -2.25. The van der Waals surface area contributed by atoms with Gasteiger partial charge in [0.15, 0.2) is 5.96 Å². The van der Waals surface area contributed by atoms with Crippen LogP contribution in [0.2, 0.25) is 0 Å². The Kier molecular flexibility index (Phi) is 4.91. The van der Waals surface area contributed by atoms with E-state index in [9.17, 15) is 0 Å². The van der Waals surface area contributed by atoms with Gasteiger partial charge in [-0.2, -0.15) is 5.10 Å². The van der Waals surface area contributed by atoms with E-state index >= 15 is 0 Å². The molecule has 0 saturated heterocycles. The average Bonchev–Trinajstić information content (AvgIpc) is 3.33. The fourth-order valence-electron chi connectivity index (χ4n) is 3.83. The minimum absolute atomic E-state index is 0.352. The van der Waals surface area contributed by atoms with Gasteiger partial charge in [-0.05, 0) is 44.1 Å². The van der Waals surface area contributed by atoms with Crippen LogP contribution >= 0.6 is 0 Å². The van der Waals surface area contributed by atoms with E-state index in [0.717, 1.165) is 50.1 Å². The first-order valence-electron chi connectivity index (χ1n) is 9.73. The molecule has 1 aliphatic carbocycles. The Hall–Kier alpha value is -2.37. The molecule has 6 heteroatoms. The Morgan fingerprint density at radius 1 is 1.31 bits per heavy atom. The van der Waals surface area contributed by atoms with Gasteiger partial charge in [-0.25, -0.2) is 9.67 Å². The van der Waals surface area contributed by atoms with E-state index in [4.69, 9.17) is 4.99 Å². The molecule has 6 nitrogen and oxygen atoms in total. The number of hydrogen-bond donors (Lipinski definition) is 2. The summed E-state index contributed by atoms with van der Waals surface area (Å²) in [7, 11) is 0. The van der Waals surface area contributed by atoms with E-state index in [1.807, 2.05) is 11.6 Å². The van der Waals surface area contributed by atoms with Gasteiger partial charge in [-0.15, -0.1) is 0 Å². The summed E-state index contributed by atoms with van der Waals surface area (Å²) in [4.78, 5) is 9.34. The molecule has 1 aromatic carbocycles. The number of nitrogens with zero attached hydrogens (tertiary/aromatic N) is 4. The van der Waals surface area contributed by atoms with Crippen molar-refractivity contribution >= 4 is 5.96 Å². The molecule has 0 bridgehead atoms. The quantitative estimate of drug-likeness (QED) is 0.640. The van der Waals surface area contributed by atoms with Crippen LogP contribution in [0.1, 0.15) is 42.9 Å². The van der Waals surface area contributed by atoms with Crippen molar-refractivity contribution < 1.29 is 0 Å². The predicted octanol–water partition coefficient (Wildman–Crippen LogP) is 2.26. The van der Waals surface area contributed by atoms with E-state index in [2.05, 4.69) is 58.0 Å². The second-order valence-electron chi connectivity index (χ2n) is 7.37. The minimum atomic E-state index is 0.352. The fourth-order valence-corrected chi connectivity index (χ4v) is 3.83. The van der Waals surface area contributed by atoms with Crippen molar-refractivity contribution in [2.24, 2.45) is 10.9 Å². The van der Waals surface area contributed by atoms with Crippen molar-refractivity contribution in [3.8, 4) is 0 Å². The van der Waals surface area contributed by atoms with Crippen molar-refractivity contribution in [1.29, 1.82) is 0 Å². The van der Waals surface area contributed by atoms with Crippen molar-refractivity contribution in [3.63, 3.8) is 0 Å². The monoisotopic (exact) mass is 352 g/mol. The lowest BCUT2D eigenvalue weighted by atomic mass is 10.1. The van der Waals surface area contributed by atoms with Crippen LogP contribution in [0.4, 0.5) is 0 Å². The van der Waals surface area contributed by atoms with E-state index in [0.29, 0.717) is 17.9 Å². The zero-order chi connectivity index (χ0) is 17.9. The molecule has 3 atom stereocenters. The van der Waals surface area contributed by atoms with Gasteiger partial charge < -0.3 is 10.6 Å². The number of rotatable bonds is 5. The average molecular weight is 352 g/mol. The van der Waals surface area contributed by atoms with Gasteiger partial charge in [0.25, 0.3) is 0 Å². The van der Waals surface area contributed by atoms with Gasteiger partial charge in [0.2, 0.25) is 0 Å². The molecule has 0 amide bonds. The lowest BCUT2D eigenvalue weighted by Crippen LogP contribution is -2.47. The number of nitrogens with one attached hydrogen (secondary N) is 2. The maximum atomic E-state index is 4.86. The molecule has 0 radical (unpaired) electrons. The summed E-state index contributed by atoms with van der Waals surface area (Å²) in [6, 6.07) is 11.2. The van der Waals surface area contributed by atoms with Gasteiger partial charge in [-0.1, -0.05) is 30.3 Å². The standard InChI is InChI=1S/C20H28N6/c1-3-21-20(22-12-16-11-18(16)15-7-5-4-6-8-15)24-17-9-10-19-23-14(2)25-26(19)13-17/h4-8,16-18H,3,9-13H2,1-2H3,(H2,21,22,24). The molecule has 3 unspecified atom stereocenters. The van der Waals surface area contributed by atoms with Crippen molar-refractivity contribution in [3.05, 3.63) is 47.5 Å². The SMILES string of the molecule is CCNC(=NCC1CC1c1ccccc1)NC1CCc2nc(C)nn2C1. The summed E-state index contributed by atoms with van der Waals surface area (Å²) >= 11 is 0. The normalized spacial score (nSPS) is 24.8. The van der Waals surface area contributed by atoms with Crippen LogP contribution in [-0.4, -0.2) is 39.9 Å². The van der Waals surface area contributed by atoms with Crippen molar-refractivity contribution in [1.82, 2.24) is 25.4 Å². The molecule has 2 N–H and O–H groups in total.